The Labute approximate surface area is 115 Å². The van der Waals surface area contributed by atoms with Crippen molar-refractivity contribution < 1.29 is 9.90 Å². The van der Waals surface area contributed by atoms with E-state index in [1.54, 1.807) is 0 Å². The van der Waals surface area contributed by atoms with Crippen LogP contribution in [0.5, 0.6) is 0 Å². The van der Waals surface area contributed by atoms with Crippen molar-refractivity contribution in [3.8, 4) is 6.07 Å². The van der Waals surface area contributed by atoms with Gasteiger partial charge in [0, 0.05) is 4.47 Å². The van der Waals surface area contributed by atoms with E-state index in [-0.39, 0.29) is 11.8 Å². The van der Waals surface area contributed by atoms with Gasteiger partial charge in [0.05, 0.1) is 11.5 Å². The molecule has 94 valence electrons. The monoisotopic (exact) mass is 307 g/mol. The molecule has 1 N–H and O–H groups in total. The van der Waals surface area contributed by atoms with Crippen LogP contribution in [0.3, 0.4) is 0 Å². The first kappa shape index (κ1) is 13.1. The first-order chi connectivity index (χ1) is 8.63. The fourth-order valence-electron chi connectivity index (χ4n) is 2.68. The molecule has 1 aliphatic carbocycles. The van der Waals surface area contributed by atoms with Crippen LogP contribution >= 0.6 is 15.9 Å². The van der Waals surface area contributed by atoms with Gasteiger partial charge in [-0.3, -0.25) is 4.79 Å². The number of aliphatic carboxylic acids is 1. The molecule has 1 aromatic rings. The van der Waals surface area contributed by atoms with Gasteiger partial charge in [0.15, 0.2) is 0 Å². The Morgan fingerprint density at radius 2 is 2.11 bits per heavy atom. The van der Waals surface area contributed by atoms with Crippen molar-refractivity contribution in [2.45, 2.75) is 31.6 Å². The number of hydrogen-bond donors (Lipinski definition) is 1. The molecule has 0 radical (unpaired) electrons. The van der Waals surface area contributed by atoms with Crippen LogP contribution < -0.4 is 0 Å². The largest absolute Gasteiger partial charge is 0.481 e. The molecule has 0 bridgehead atoms. The summed E-state index contributed by atoms with van der Waals surface area (Å²) < 4.78 is 0.761. The maximum Gasteiger partial charge on any atom is 0.307 e. The molecule has 0 saturated heterocycles. The topological polar surface area (TPSA) is 61.1 Å². The zero-order valence-electron chi connectivity index (χ0n) is 9.90. The molecule has 2 rings (SSSR count). The Balaban J connectivity index is 2.34. The number of hydrogen-bond acceptors (Lipinski definition) is 2. The predicted molar refractivity (Wildman–Crippen MR) is 71.2 cm³/mol. The van der Waals surface area contributed by atoms with Crippen molar-refractivity contribution in [1.82, 2.24) is 0 Å². The number of carboxylic acid groups (broad SMARTS) is 1. The van der Waals surface area contributed by atoms with Crippen LogP contribution in [0.25, 0.3) is 0 Å². The summed E-state index contributed by atoms with van der Waals surface area (Å²) in [6.07, 6.45) is 3.67. The van der Waals surface area contributed by atoms with Crippen LogP contribution in [0.15, 0.2) is 22.7 Å². The second-order valence-corrected chi connectivity index (χ2v) is 5.54. The Morgan fingerprint density at radius 1 is 1.39 bits per heavy atom. The smallest absolute Gasteiger partial charge is 0.307 e. The molecule has 4 heteroatoms. The van der Waals surface area contributed by atoms with Gasteiger partial charge in [0.2, 0.25) is 0 Å². The van der Waals surface area contributed by atoms with E-state index in [9.17, 15) is 9.90 Å². The Kier molecular flexibility index (Phi) is 4.03. The third-order valence-electron chi connectivity index (χ3n) is 3.62. The zero-order valence-corrected chi connectivity index (χ0v) is 11.5. The second-order valence-electron chi connectivity index (χ2n) is 4.69. The van der Waals surface area contributed by atoms with Crippen molar-refractivity contribution >= 4 is 21.9 Å². The predicted octanol–water partition coefficient (Wildman–Crippen LogP) is 3.68. The van der Waals surface area contributed by atoms with Gasteiger partial charge >= 0.3 is 5.97 Å². The number of benzene rings is 1. The summed E-state index contributed by atoms with van der Waals surface area (Å²) in [7, 11) is 0. The van der Waals surface area contributed by atoms with Crippen molar-refractivity contribution in [3.05, 3.63) is 33.8 Å². The molecule has 0 spiro atoms. The third-order valence-corrected chi connectivity index (χ3v) is 4.31. The molecular formula is C14H14BrNO2. The highest BCUT2D eigenvalue weighted by Gasteiger charge is 2.31. The van der Waals surface area contributed by atoms with Crippen molar-refractivity contribution in [2.24, 2.45) is 5.92 Å². The van der Waals surface area contributed by atoms with E-state index in [4.69, 9.17) is 5.26 Å². The van der Waals surface area contributed by atoms with Crippen molar-refractivity contribution in [3.63, 3.8) is 0 Å². The molecule has 0 amide bonds. The van der Waals surface area contributed by atoms with Crippen LogP contribution in [-0.2, 0) is 4.79 Å². The molecule has 1 aromatic carbocycles. The van der Waals surface area contributed by atoms with E-state index < -0.39 is 5.97 Å². The molecule has 1 fully saturated rings. The minimum Gasteiger partial charge on any atom is -0.481 e. The standard InChI is InChI=1S/C14H14BrNO2/c15-13-6-5-9(7-10(13)8-16)11-3-1-2-4-12(11)14(17)18/h5-7,11-12H,1-4H2,(H,17,18)/t11-,12?/m0/s1. The van der Waals surface area contributed by atoms with Crippen LogP contribution in [0.2, 0.25) is 0 Å². The van der Waals surface area contributed by atoms with Gasteiger partial charge in [-0.25, -0.2) is 0 Å². The number of nitriles is 1. The van der Waals surface area contributed by atoms with Gasteiger partial charge in [-0.05, 0) is 52.4 Å². The Hall–Kier alpha value is -1.34. The van der Waals surface area contributed by atoms with Gasteiger partial charge in [-0.1, -0.05) is 18.9 Å². The highest BCUT2D eigenvalue weighted by molar-refractivity contribution is 9.10. The van der Waals surface area contributed by atoms with Crippen molar-refractivity contribution in [1.29, 1.82) is 5.26 Å². The van der Waals surface area contributed by atoms with Gasteiger partial charge in [0.25, 0.3) is 0 Å². The van der Waals surface area contributed by atoms with Crippen LogP contribution in [0, 0.1) is 17.2 Å². The number of carboxylic acids is 1. The Morgan fingerprint density at radius 3 is 2.78 bits per heavy atom. The number of nitrogens with zero attached hydrogens (tertiary/aromatic N) is 1. The quantitative estimate of drug-likeness (QED) is 0.906. The molecule has 18 heavy (non-hydrogen) atoms. The highest BCUT2D eigenvalue weighted by atomic mass is 79.9. The minimum absolute atomic E-state index is 0.0384. The lowest BCUT2D eigenvalue weighted by molar-refractivity contribution is -0.143. The SMILES string of the molecule is N#Cc1cc([C@@H]2CCCCC2C(=O)O)ccc1Br. The Bertz CT molecular complexity index is 507. The maximum atomic E-state index is 11.3. The lowest BCUT2D eigenvalue weighted by Gasteiger charge is -2.29. The van der Waals surface area contributed by atoms with Gasteiger partial charge in [-0.15, -0.1) is 0 Å². The van der Waals surface area contributed by atoms with E-state index in [2.05, 4.69) is 22.0 Å². The van der Waals surface area contributed by atoms with E-state index in [1.165, 1.54) is 0 Å². The summed E-state index contributed by atoms with van der Waals surface area (Å²) in [5.74, 6) is -0.996. The molecule has 3 nitrogen and oxygen atoms in total. The summed E-state index contributed by atoms with van der Waals surface area (Å²) in [5, 5.41) is 18.3. The fourth-order valence-corrected chi connectivity index (χ4v) is 3.02. The molecular weight excluding hydrogens is 294 g/mol. The normalized spacial score (nSPS) is 23.3. The molecule has 2 atom stereocenters. The van der Waals surface area contributed by atoms with Crippen LogP contribution in [-0.4, -0.2) is 11.1 Å². The summed E-state index contributed by atoms with van der Waals surface area (Å²) in [5.41, 5.74) is 1.55. The molecule has 0 aromatic heterocycles. The molecule has 1 aliphatic rings. The van der Waals surface area contributed by atoms with Gasteiger partial charge in [-0.2, -0.15) is 5.26 Å². The summed E-state index contributed by atoms with van der Waals surface area (Å²) in [6.45, 7) is 0. The van der Waals surface area contributed by atoms with E-state index >= 15 is 0 Å². The van der Waals surface area contributed by atoms with E-state index in [0.717, 1.165) is 35.7 Å². The lowest BCUT2D eigenvalue weighted by atomic mass is 9.75. The molecule has 0 heterocycles. The first-order valence-corrected chi connectivity index (χ1v) is 6.85. The average molecular weight is 308 g/mol. The maximum absolute atomic E-state index is 11.3. The van der Waals surface area contributed by atoms with E-state index in [0.29, 0.717) is 5.56 Å². The first-order valence-electron chi connectivity index (χ1n) is 6.06. The molecule has 1 saturated carbocycles. The van der Waals surface area contributed by atoms with Crippen LogP contribution in [0.4, 0.5) is 0 Å². The van der Waals surface area contributed by atoms with E-state index in [1.807, 2.05) is 18.2 Å². The van der Waals surface area contributed by atoms with Gasteiger partial charge < -0.3 is 5.11 Å². The van der Waals surface area contributed by atoms with Gasteiger partial charge in [0.1, 0.15) is 6.07 Å². The fraction of sp³-hybridized carbons (Fsp3) is 0.429. The number of rotatable bonds is 2. The van der Waals surface area contributed by atoms with Crippen LogP contribution in [0.1, 0.15) is 42.7 Å². The molecule has 1 unspecified atom stereocenters. The van der Waals surface area contributed by atoms with Crippen molar-refractivity contribution in [2.75, 3.05) is 0 Å². The highest BCUT2D eigenvalue weighted by Crippen LogP contribution is 2.38. The summed E-state index contributed by atoms with van der Waals surface area (Å²) >= 11 is 3.32. The summed E-state index contributed by atoms with van der Waals surface area (Å²) in [6, 6.07) is 7.70. The zero-order chi connectivity index (χ0) is 13.1. The lowest BCUT2D eigenvalue weighted by Crippen LogP contribution is -2.25. The number of carbonyl (C=O) groups is 1. The third kappa shape index (κ3) is 2.56. The number of halogens is 1. The average Bonchev–Trinajstić information content (AvgIpc) is 2.39. The summed E-state index contributed by atoms with van der Waals surface area (Å²) in [4.78, 5) is 11.3. The second kappa shape index (κ2) is 5.53. The minimum atomic E-state index is -0.721. The molecule has 0 aliphatic heterocycles.